The average molecular weight is 385 g/mol. The summed E-state index contributed by atoms with van der Waals surface area (Å²) in [6.45, 7) is 2.26. The van der Waals surface area contributed by atoms with E-state index in [0.29, 0.717) is 6.42 Å². The van der Waals surface area contributed by atoms with Gasteiger partial charge in [-0.2, -0.15) is 0 Å². The standard InChI is InChI=1S/C22H40O4.CH4/c1-2-3-4-5-6-7-8-9-10-11-12-13-14-15-16-17-18-20(22(25)26)19-21(23)24;/h19H,2-18H2,1H3,(H,23,24)(H,25,26);1H4/b20-19+;. The highest BCUT2D eigenvalue weighted by molar-refractivity contribution is 5.94. The molecule has 0 spiro atoms. The summed E-state index contributed by atoms with van der Waals surface area (Å²) in [5, 5.41) is 17.5. The molecule has 0 fully saturated rings. The Bertz CT molecular complexity index is 388. The van der Waals surface area contributed by atoms with Crippen LogP contribution in [0.25, 0.3) is 0 Å². The summed E-state index contributed by atoms with van der Waals surface area (Å²) in [6.07, 6.45) is 21.6. The molecule has 0 aliphatic carbocycles. The summed E-state index contributed by atoms with van der Waals surface area (Å²) >= 11 is 0. The zero-order valence-electron chi connectivity index (χ0n) is 16.8. The second-order valence-corrected chi connectivity index (χ2v) is 7.37. The van der Waals surface area contributed by atoms with Gasteiger partial charge in [-0.3, -0.25) is 0 Å². The van der Waals surface area contributed by atoms with E-state index in [4.69, 9.17) is 10.2 Å². The van der Waals surface area contributed by atoms with Crippen LogP contribution >= 0.6 is 0 Å². The van der Waals surface area contributed by atoms with Gasteiger partial charge in [0.2, 0.25) is 0 Å². The van der Waals surface area contributed by atoms with Gasteiger partial charge in [0.15, 0.2) is 0 Å². The van der Waals surface area contributed by atoms with E-state index in [1.165, 1.54) is 83.5 Å². The molecule has 0 saturated heterocycles. The summed E-state index contributed by atoms with van der Waals surface area (Å²) in [5.41, 5.74) is 0.00265. The number of unbranched alkanes of at least 4 members (excludes halogenated alkanes) is 15. The van der Waals surface area contributed by atoms with Crippen LogP contribution in [0, 0.1) is 0 Å². The number of carbonyl (C=O) groups is 2. The maximum atomic E-state index is 10.9. The van der Waals surface area contributed by atoms with Gasteiger partial charge in [0.05, 0.1) is 0 Å². The van der Waals surface area contributed by atoms with Crippen LogP contribution in [-0.4, -0.2) is 22.2 Å². The third kappa shape index (κ3) is 20.8. The predicted molar refractivity (Wildman–Crippen MR) is 114 cm³/mol. The van der Waals surface area contributed by atoms with Gasteiger partial charge in [-0.15, -0.1) is 0 Å². The lowest BCUT2D eigenvalue weighted by molar-refractivity contribution is -0.135. The van der Waals surface area contributed by atoms with E-state index in [0.717, 1.165) is 25.3 Å². The molecule has 160 valence electrons. The quantitative estimate of drug-likeness (QED) is 0.180. The molecule has 0 aromatic rings. The maximum absolute atomic E-state index is 10.9. The Labute approximate surface area is 167 Å². The zero-order chi connectivity index (χ0) is 19.5. The van der Waals surface area contributed by atoms with Crippen molar-refractivity contribution in [3.8, 4) is 0 Å². The molecule has 2 N–H and O–H groups in total. The van der Waals surface area contributed by atoms with Crippen LogP contribution in [0.3, 0.4) is 0 Å². The molecule has 0 heterocycles. The number of rotatable bonds is 19. The first-order valence-corrected chi connectivity index (χ1v) is 10.7. The largest absolute Gasteiger partial charge is 0.478 e. The van der Waals surface area contributed by atoms with E-state index in [-0.39, 0.29) is 13.0 Å². The molecule has 27 heavy (non-hydrogen) atoms. The minimum atomic E-state index is -1.18. The zero-order valence-corrected chi connectivity index (χ0v) is 16.8. The highest BCUT2D eigenvalue weighted by Gasteiger charge is 2.08. The van der Waals surface area contributed by atoms with E-state index in [1.54, 1.807) is 0 Å². The maximum Gasteiger partial charge on any atom is 0.331 e. The normalized spacial score (nSPS) is 11.2. The smallest absolute Gasteiger partial charge is 0.331 e. The molecule has 4 nitrogen and oxygen atoms in total. The summed E-state index contributed by atoms with van der Waals surface area (Å²) in [5.74, 6) is -2.30. The van der Waals surface area contributed by atoms with Gasteiger partial charge in [-0.1, -0.05) is 111 Å². The van der Waals surface area contributed by atoms with Crippen LogP contribution < -0.4 is 0 Å². The SMILES string of the molecule is C.CCCCCCCCCCCCCCCCCC/C(=C\C(=O)O)C(=O)O. The Morgan fingerprint density at radius 1 is 0.630 bits per heavy atom. The highest BCUT2D eigenvalue weighted by atomic mass is 16.4. The van der Waals surface area contributed by atoms with Crippen LogP contribution in [0.2, 0.25) is 0 Å². The lowest BCUT2D eigenvalue weighted by Crippen LogP contribution is -2.04. The minimum absolute atomic E-state index is 0. The van der Waals surface area contributed by atoms with E-state index in [1.807, 2.05) is 0 Å². The van der Waals surface area contributed by atoms with Crippen LogP contribution in [0.15, 0.2) is 11.6 Å². The highest BCUT2D eigenvalue weighted by Crippen LogP contribution is 2.15. The van der Waals surface area contributed by atoms with Crippen molar-refractivity contribution >= 4 is 11.9 Å². The summed E-state index contributed by atoms with van der Waals surface area (Å²) < 4.78 is 0. The molecule has 0 amide bonds. The summed E-state index contributed by atoms with van der Waals surface area (Å²) in [7, 11) is 0. The van der Waals surface area contributed by atoms with E-state index in [2.05, 4.69) is 6.92 Å². The number of aliphatic carboxylic acids is 2. The molecule has 0 saturated carbocycles. The molecule has 0 aliphatic rings. The molecule has 0 radical (unpaired) electrons. The van der Waals surface area contributed by atoms with E-state index in [9.17, 15) is 9.59 Å². The Kier molecular flexibility index (Phi) is 21.7. The molecule has 4 heteroatoms. The molecular weight excluding hydrogens is 340 g/mol. The second-order valence-electron chi connectivity index (χ2n) is 7.37. The first-order valence-electron chi connectivity index (χ1n) is 10.7. The lowest BCUT2D eigenvalue weighted by Gasteiger charge is -2.04. The first-order chi connectivity index (χ1) is 12.6. The van der Waals surface area contributed by atoms with Crippen molar-refractivity contribution < 1.29 is 19.8 Å². The summed E-state index contributed by atoms with van der Waals surface area (Å²) in [4.78, 5) is 21.4. The fourth-order valence-electron chi connectivity index (χ4n) is 3.25. The van der Waals surface area contributed by atoms with Crippen molar-refractivity contribution in [1.82, 2.24) is 0 Å². The van der Waals surface area contributed by atoms with Gasteiger partial charge in [0, 0.05) is 11.6 Å². The van der Waals surface area contributed by atoms with Gasteiger partial charge in [-0.05, 0) is 12.8 Å². The topological polar surface area (TPSA) is 74.6 Å². The number of carboxylic acids is 2. The van der Waals surface area contributed by atoms with Gasteiger partial charge in [0.25, 0.3) is 0 Å². The fraction of sp³-hybridized carbons (Fsp3) is 0.826. The van der Waals surface area contributed by atoms with Crippen molar-refractivity contribution in [1.29, 1.82) is 0 Å². The Morgan fingerprint density at radius 2 is 0.963 bits per heavy atom. The Hall–Kier alpha value is -1.32. The molecule has 0 unspecified atom stereocenters. The van der Waals surface area contributed by atoms with Crippen molar-refractivity contribution in [2.75, 3.05) is 0 Å². The third-order valence-electron chi connectivity index (χ3n) is 4.87. The monoisotopic (exact) mass is 384 g/mol. The van der Waals surface area contributed by atoms with Crippen molar-refractivity contribution in [2.24, 2.45) is 0 Å². The van der Waals surface area contributed by atoms with Gasteiger partial charge >= 0.3 is 11.9 Å². The first kappa shape index (κ1) is 27.9. The van der Waals surface area contributed by atoms with Gasteiger partial charge < -0.3 is 10.2 Å². The average Bonchev–Trinajstić information content (AvgIpc) is 2.59. The molecule has 0 aromatic heterocycles. The second kappa shape index (κ2) is 21.0. The third-order valence-corrected chi connectivity index (χ3v) is 4.87. The van der Waals surface area contributed by atoms with Crippen molar-refractivity contribution in [2.45, 2.75) is 124 Å². The number of carboxylic acid groups (broad SMARTS) is 2. The van der Waals surface area contributed by atoms with E-state index >= 15 is 0 Å². The molecular formula is C23H44O4. The van der Waals surface area contributed by atoms with Gasteiger partial charge in [0.1, 0.15) is 0 Å². The lowest BCUT2D eigenvalue weighted by atomic mass is 10.0. The van der Waals surface area contributed by atoms with Crippen LogP contribution in [0.4, 0.5) is 0 Å². The Morgan fingerprint density at radius 3 is 1.26 bits per heavy atom. The predicted octanol–water partition coefficient (Wildman–Crippen LogP) is 7.37. The van der Waals surface area contributed by atoms with Crippen LogP contribution in [0.5, 0.6) is 0 Å². The molecule has 0 bridgehead atoms. The number of hydrogen-bond donors (Lipinski definition) is 2. The minimum Gasteiger partial charge on any atom is -0.478 e. The molecule has 0 aliphatic heterocycles. The van der Waals surface area contributed by atoms with Crippen molar-refractivity contribution in [3.05, 3.63) is 11.6 Å². The Balaban J connectivity index is 0. The molecule has 0 rings (SSSR count). The van der Waals surface area contributed by atoms with Crippen molar-refractivity contribution in [3.63, 3.8) is 0 Å². The number of hydrogen-bond acceptors (Lipinski definition) is 2. The van der Waals surface area contributed by atoms with Crippen LogP contribution in [0.1, 0.15) is 124 Å². The van der Waals surface area contributed by atoms with E-state index < -0.39 is 11.9 Å². The molecule has 0 atom stereocenters. The van der Waals surface area contributed by atoms with Crippen LogP contribution in [-0.2, 0) is 9.59 Å². The fourth-order valence-corrected chi connectivity index (χ4v) is 3.25. The molecule has 0 aromatic carbocycles. The van der Waals surface area contributed by atoms with Gasteiger partial charge in [-0.25, -0.2) is 9.59 Å². The summed E-state index contributed by atoms with van der Waals surface area (Å²) in [6, 6.07) is 0.